The molecule has 0 saturated carbocycles. The van der Waals surface area contributed by atoms with Gasteiger partial charge in [-0.2, -0.15) is 13.2 Å². The fourth-order valence-corrected chi connectivity index (χ4v) is 1.77. The Morgan fingerprint density at radius 1 is 1.38 bits per heavy atom. The largest absolute Gasteiger partial charge is 0.440 e. The fourth-order valence-electron chi connectivity index (χ4n) is 1.77. The predicted molar refractivity (Wildman–Crippen MR) is 52.0 cm³/mol. The van der Waals surface area contributed by atoms with Crippen molar-refractivity contribution in [2.75, 3.05) is 13.2 Å². The maximum absolute atomic E-state index is 11.9. The third-order valence-electron chi connectivity index (χ3n) is 2.71. The summed E-state index contributed by atoms with van der Waals surface area (Å²) in [6.45, 7) is 2.75. The molecule has 1 amide bonds. The van der Waals surface area contributed by atoms with Gasteiger partial charge in [0, 0.05) is 12.6 Å². The van der Waals surface area contributed by atoms with Gasteiger partial charge in [-0.25, -0.2) is 4.79 Å². The van der Waals surface area contributed by atoms with Crippen LogP contribution in [0.15, 0.2) is 0 Å². The van der Waals surface area contributed by atoms with Gasteiger partial charge in [0.25, 0.3) is 0 Å². The van der Waals surface area contributed by atoms with Crippen molar-refractivity contribution in [1.29, 1.82) is 0 Å². The van der Waals surface area contributed by atoms with E-state index in [-0.39, 0.29) is 6.04 Å². The van der Waals surface area contributed by atoms with Gasteiger partial charge in [-0.3, -0.25) is 0 Å². The van der Waals surface area contributed by atoms with E-state index in [4.69, 9.17) is 0 Å². The summed E-state index contributed by atoms with van der Waals surface area (Å²) >= 11 is 0. The normalized spacial score (nSPS) is 26.7. The molecule has 0 aromatic heterocycles. The zero-order valence-corrected chi connectivity index (χ0v) is 9.38. The summed E-state index contributed by atoms with van der Waals surface area (Å²) in [4.78, 5) is 12.8. The van der Waals surface area contributed by atoms with Crippen LogP contribution >= 0.6 is 0 Å². The predicted octanol–water partition coefficient (Wildman–Crippen LogP) is 2.81. The smallest absolute Gasteiger partial charge is 0.422 e. The topological polar surface area (TPSA) is 29.5 Å². The van der Waals surface area contributed by atoms with Crippen LogP contribution in [0.3, 0.4) is 0 Å². The lowest BCUT2D eigenvalue weighted by Crippen LogP contribution is -2.45. The van der Waals surface area contributed by atoms with Gasteiger partial charge in [0.15, 0.2) is 6.61 Å². The van der Waals surface area contributed by atoms with E-state index in [1.54, 1.807) is 0 Å². The standard InChI is InChI=1S/C10H16F3NO2/c1-7-3-4-8(2)14(5-7)9(15)16-6-10(11,12)13/h7-8H,3-6H2,1-2H3. The molecule has 2 unspecified atom stereocenters. The first kappa shape index (κ1) is 13.1. The Kier molecular flexibility index (Phi) is 4.04. The molecule has 3 nitrogen and oxygen atoms in total. The molecule has 0 N–H and O–H groups in total. The van der Waals surface area contributed by atoms with Crippen LogP contribution in [0.5, 0.6) is 0 Å². The Morgan fingerprint density at radius 3 is 2.56 bits per heavy atom. The SMILES string of the molecule is CC1CCC(C)N(C(=O)OCC(F)(F)F)C1. The van der Waals surface area contributed by atoms with Crippen LogP contribution in [0.1, 0.15) is 26.7 Å². The lowest BCUT2D eigenvalue weighted by Gasteiger charge is -2.35. The molecule has 0 aromatic rings. The van der Waals surface area contributed by atoms with Gasteiger partial charge in [-0.05, 0) is 25.7 Å². The number of amides is 1. The number of ether oxygens (including phenoxy) is 1. The van der Waals surface area contributed by atoms with Crippen molar-refractivity contribution in [3.05, 3.63) is 0 Å². The molecule has 94 valence electrons. The highest BCUT2D eigenvalue weighted by Gasteiger charge is 2.33. The minimum absolute atomic E-state index is 0.0445. The molecule has 16 heavy (non-hydrogen) atoms. The maximum Gasteiger partial charge on any atom is 0.422 e. The molecule has 0 aliphatic carbocycles. The molecular formula is C10H16F3NO2. The minimum Gasteiger partial charge on any atom is -0.440 e. The van der Waals surface area contributed by atoms with Gasteiger partial charge in [-0.15, -0.1) is 0 Å². The monoisotopic (exact) mass is 239 g/mol. The van der Waals surface area contributed by atoms with E-state index in [1.807, 2.05) is 13.8 Å². The zero-order valence-electron chi connectivity index (χ0n) is 9.38. The average Bonchev–Trinajstić information content (AvgIpc) is 2.17. The molecule has 1 fully saturated rings. The molecule has 0 radical (unpaired) electrons. The van der Waals surface area contributed by atoms with E-state index >= 15 is 0 Å². The molecule has 0 spiro atoms. The fraction of sp³-hybridized carbons (Fsp3) is 0.900. The van der Waals surface area contributed by atoms with Gasteiger partial charge in [-0.1, -0.05) is 6.92 Å². The number of hydrogen-bond donors (Lipinski definition) is 0. The third kappa shape index (κ3) is 3.90. The third-order valence-corrected chi connectivity index (χ3v) is 2.71. The van der Waals surface area contributed by atoms with Crippen LogP contribution in [0.25, 0.3) is 0 Å². The zero-order chi connectivity index (χ0) is 12.3. The first-order chi connectivity index (χ1) is 7.29. The number of alkyl halides is 3. The van der Waals surface area contributed by atoms with Crippen molar-refractivity contribution in [3.8, 4) is 0 Å². The highest BCUT2D eigenvalue weighted by Crippen LogP contribution is 2.23. The molecule has 6 heteroatoms. The summed E-state index contributed by atoms with van der Waals surface area (Å²) in [5.41, 5.74) is 0. The second-order valence-electron chi connectivity index (χ2n) is 4.35. The number of hydrogen-bond acceptors (Lipinski definition) is 2. The number of piperidine rings is 1. The minimum atomic E-state index is -4.46. The molecular weight excluding hydrogens is 223 g/mol. The Balaban J connectivity index is 2.46. The van der Waals surface area contributed by atoms with Crippen molar-refractivity contribution in [3.63, 3.8) is 0 Å². The highest BCUT2D eigenvalue weighted by molar-refractivity contribution is 5.68. The highest BCUT2D eigenvalue weighted by atomic mass is 19.4. The molecule has 1 aliphatic rings. The summed E-state index contributed by atoms with van der Waals surface area (Å²) in [5, 5.41) is 0. The Hall–Kier alpha value is -0.940. The lowest BCUT2D eigenvalue weighted by atomic mass is 9.96. The van der Waals surface area contributed by atoms with Crippen LogP contribution in [0.2, 0.25) is 0 Å². The van der Waals surface area contributed by atoms with Crippen LogP contribution in [-0.2, 0) is 4.74 Å². The summed E-state index contributed by atoms with van der Waals surface area (Å²) in [6, 6.07) is -0.0445. The number of carbonyl (C=O) groups excluding carboxylic acids is 1. The summed E-state index contributed by atoms with van der Waals surface area (Å²) < 4.78 is 39.8. The number of nitrogens with zero attached hydrogens (tertiary/aromatic N) is 1. The van der Waals surface area contributed by atoms with Gasteiger partial charge >= 0.3 is 12.3 Å². The van der Waals surface area contributed by atoms with E-state index in [2.05, 4.69) is 4.74 Å². The van der Waals surface area contributed by atoms with Gasteiger partial charge in [0.2, 0.25) is 0 Å². The quantitative estimate of drug-likeness (QED) is 0.704. The van der Waals surface area contributed by atoms with E-state index in [0.29, 0.717) is 12.5 Å². The first-order valence-electron chi connectivity index (χ1n) is 5.29. The molecule has 0 aromatic carbocycles. The summed E-state index contributed by atoms with van der Waals surface area (Å²) in [7, 11) is 0. The number of likely N-dealkylation sites (tertiary alicyclic amines) is 1. The van der Waals surface area contributed by atoms with Crippen LogP contribution in [0, 0.1) is 5.92 Å². The second kappa shape index (κ2) is 4.93. The molecule has 1 rings (SSSR count). The first-order valence-corrected chi connectivity index (χ1v) is 5.29. The van der Waals surface area contributed by atoms with E-state index in [9.17, 15) is 18.0 Å². The van der Waals surface area contributed by atoms with Gasteiger partial charge < -0.3 is 9.64 Å². The molecule has 2 atom stereocenters. The number of carbonyl (C=O) groups is 1. The Bertz CT molecular complexity index is 255. The Labute approximate surface area is 92.5 Å². The molecule has 1 saturated heterocycles. The van der Waals surface area contributed by atoms with Crippen LogP contribution < -0.4 is 0 Å². The number of halogens is 3. The lowest BCUT2D eigenvalue weighted by molar-refractivity contribution is -0.163. The van der Waals surface area contributed by atoms with E-state index in [1.165, 1.54) is 4.90 Å². The maximum atomic E-state index is 11.9. The average molecular weight is 239 g/mol. The summed E-state index contributed by atoms with van der Waals surface area (Å²) in [6.07, 6.45) is -3.52. The summed E-state index contributed by atoms with van der Waals surface area (Å²) in [5.74, 6) is 0.314. The Morgan fingerprint density at radius 2 is 2.00 bits per heavy atom. The molecule has 1 aliphatic heterocycles. The molecule has 0 bridgehead atoms. The van der Waals surface area contributed by atoms with Crippen LogP contribution in [-0.4, -0.2) is 36.4 Å². The van der Waals surface area contributed by atoms with Crippen molar-refractivity contribution >= 4 is 6.09 Å². The van der Waals surface area contributed by atoms with E-state index < -0.39 is 18.9 Å². The van der Waals surface area contributed by atoms with Crippen molar-refractivity contribution in [1.82, 2.24) is 4.90 Å². The van der Waals surface area contributed by atoms with Gasteiger partial charge in [0.05, 0.1) is 0 Å². The van der Waals surface area contributed by atoms with Crippen molar-refractivity contribution in [2.45, 2.75) is 38.9 Å². The van der Waals surface area contributed by atoms with Crippen LogP contribution in [0.4, 0.5) is 18.0 Å². The second-order valence-corrected chi connectivity index (χ2v) is 4.35. The molecule has 1 heterocycles. The van der Waals surface area contributed by atoms with Gasteiger partial charge in [0.1, 0.15) is 0 Å². The van der Waals surface area contributed by atoms with Crippen molar-refractivity contribution < 1.29 is 22.7 Å². The number of rotatable bonds is 1. The van der Waals surface area contributed by atoms with E-state index in [0.717, 1.165) is 12.8 Å². The van der Waals surface area contributed by atoms with Crippen molar-refractivity contribution in [2.24, 2.45) is 5.92 Å².